The second-order valence-corrected chi connectivity index (χ2v) is 7.83. The minimum atomic E-state index is 0.144. The van der Waals surface area contributed by atoms with Crippen LogP contribution in [0.2, 0.25) is 0 Å². The SMILES string of the molecule is Cc1cc(C)n(CCC(=O)N2CCC(CC(=O)N(C)Cc3ccccc3)C2)n1. The van der Waals surface area contributed by atoms with Gasteiger partial charge in [0.25, 0.3) is 0 Å². The maximum absolute atomic E-state index is 12.5. The van der Waals surface area contributed by atoms with E-state index in [1.54, 1.807) is 4.90 Å². The molecule has 2 aromatic rings. The van der Waals surface area contributed by atoms with E-state index in [9.17, 15) is 9.59 Å². The summed E-state index contributed by atoms with van der Waals surface area (Å²) in [5.74, 6) is 0.550. The van der Waals surface area contributed by atoms with Gasteiger partial charge >= 0.3 is 0 Å². The van der Waals surface area contributed by atoms with E-state index in [0.29, 0.717) is 32.5 Å². The molecule has 1 saturated heterocycles. The van der Waals surface area contributed by atoms with Crippen molar-refractivity contribution in [2.75, 3.05) is 20.1 Å². The molecule has 6 nitrogen and oxygen atoms in total. The lowest BCUT2D eigenvalue weighted by atomic mass is 10.0. The predicted octanol–water partition coefficient (Wildman–Crippen LogP) is 2.79. The number of aryl methyl sites for hydroxylation is 3. The van der Waals surface area contributed by atoms with Crippen molar-refractivity contribution >= 4 is 11.8 Å². The van der Waals surface area contributed by atoms with Crippen molar-refractivity contribution in [2.45, 2.75) is 46.2 Å². The van der Waals surface area contributed by atoms with Crippen LogP contribution in [0.5, 0.6) is 0 Å². The highest BCUT2D eigenvalue weighted by Crippen LogP contribution is 2.21. The summed E-state index contributed by atoms with van der Waals surface area (Å²) in [7, 11) is 1.85. The van der Waals surface area contributed by atoms with Crippen molar-refractivity contribution in [3.63, 3.8) is 0 Å². The largest absolute Gasteiger partial charge is 0.342 e. The smallest absolute Gasteiger partial charge is 0.224 e. The zero-order valence-electron chi connectivity index (χ0n) is 17.1. The van der Waals surface area contributed by atoms with Crippen LogP contribution in [0.15, 0.2) is 36.4 Å². The fourth-order valence-electron chi connectivity index (χ4n) is 3.83. The van der Waals surface area contributed by atoms with Gasteiger partial charge in [0.05, 0.1) is 5.69 Å². The lowest BCUT2D eigenvalue weighted by Crippen LogP contribution is -2.31. The van der Waals surface area contributed by atoms with E-state index in [0.717, 1.165) is 29.9 Å². The van der Waals surface area contributed by atoms with Crippen LogP contribution in [0.4, 0.5) is 0 Å². The number of carbonyl (C=O) groups excluding carboxylic acids is 2. The summed E-state index contributed by atoms with van der Waals surface area (Å²) >= 11 is 0. The molecule has 2 heterocycles. The molecule has 0 bridgehead atoms. The van der Waals surface area contributed by atoms with Crippen molar-refractivity contribution in [1.29, 1.82) is 0 Å². The Kier molecular flexibility index (Phi) is 6.49. The zero-order chi connectivity index (χ0) is 20.1. The Morgan fingerprint density at radius 2 is 1.96 bits per heavy atom. The molecule has 150 valence electrons. The quantitative estimate of drug-likeness (QED) is 0.740. The number of hydrogen-bond donors (Lipinski definition) is 0. The summed E-state index contributed by atoms with van der Waals surface area (Å²) in [5, 5.41) is 4.41. The van der Waals surface area contributed by atoms with Crippen LogP contribution in [0.3, 0.4) is 0 Å². The minimum absolute atomic E-state index is 0.144. The van der Waals surface area contributed by atoms with Crippen LogP contribution in [0, 0.1) is 19.8 Å². The monoisotopic (exact) mass is 382 g/mol. The number of nitrogens with zero attached hydrogens (tertiary/aromatic N) is 4. The number of aromatic nitrogens is 2. The summed E-state index contributed by atoms with van der Waals surface area (Å²) in [6.07, 6.45) is 1.86. The van der Waals surface area contributed by atoms with Crippen molar-refractivity contribution in [3.05, 3.63) is 53.3 Å². The van der Waals surface area contributed by atoms with Crippen LogP contribution < -0.4 is 0 Å². The first-order chi connectivity index (χ1) is 13.4. The minimum Gasteiger partial charge on any atom is -0.342 e. The Hall–Kier alpha value is -2.63. The predicted molar refractivity (Wildman–Crippen MR) is 109 cm³/mol. The Balaban J connectivity index is 1.43. The first kappa shape index (κ1) is 20.1. The molecule has 1 aliphatic heterocycles. The van der Waals surface area contributed by atoms with Crippen LogP contribution in [-0.2, 0) is 22.7 Å². The van der Waals surface area contributed by atoms with Gasteiger partial charge in [0.1, 0.15) is 0 Å². The standard InChI is InChI=1S/C22H30N4O2/c1-17-13-18(2)26(23-17)12-10-21(27)25-11-9-20(16-25)14-22(28)24(3)15-19-7-5-4-6-8-19/h4-8,13,20H,9-12,14-16H2,1-3H3. The molecule has 0 radical (unpaired) electrons. The van der Waals surface area contributed by atoms with Gasteiger partial charge in [0.2, 0.25) is 11.8 Å². The molecule has 0 spiro atoms. The maximum Gasteiger partial charge on any atom is 0.224 e. The average Bonchev–Trinajstić information content (AvgIpc) is 3.26. The molecule has 28 heavy (non-hydrogen) atoms. The van der Waals surface area contributed by atoms with Gasteiger partial charge in [-0.2, -0.15) is 5.10 Å². The number of hydrogen-bond acceptors (Lipinski definition) is 3. The molecular weight excluding hydrogens is 352 g/mol. The van der Waals surface area contributed by atoms with E-state index in [2.05, 4.69) is 5.10 Å². The molecule has 1 fully saturated rings. The molecule has 3 rings (SSSR count). The van der Waals surface area contributed by atoms with Crippen molar-refractivity contribution in [1.82, 2.24) is 19.6 Å². The summed E-state index contributed by atoms with van der Waals surface area (Å²) in [6.45, 7) is 6.63. The fourth-order valence-corrected chi connectivity index (χ4v) is 3.83. The number of carbonyl (C=O) groups is 2. The molecule has 0 aliphatic carbocycles. The molecule has 1 aromatic heterocycles. The van der Waals surface area contributed by atoms with Gasteiger partial charge in [-0.3, -0.25) is 14.3 Å². The number of amides is 2. The number of benzene rings is 1. The van der Waals surface area contributed by atoms with E-state index in [4.69, 9.17) is 0 Å². The summed E-state index contributed by atoms with van der Waals surface area (Å²) in [6, 6.07) is 12.0. The Labute approximate surface area is 167 Å². The second kappa shape index (κ2) is 9.04. The number of rotatable bonds is 7. The zero-order valence-corrected chi connectivity index (χ0v) is 17.1. The van der Waals surface area contributed by atoms with Crippen LogP contribution in [-0.4, -0.2) is 51.5 Å². The third-order valence-electron chi connectivity index (χ3n) is 5.43. The normalized spacial score (nSPS) is 16.4. The Bertz CT molecular complexity index is 815. The van der Waals surface area contributed by atoms with Gasteiger partial charge in [-0.1, -0.05) is 30.3 Å². The molecular formula is C22H30N4O2. The summed E-state index contributed by atoms with van der Waals surface area (Å²) in [5.41, 5.74) is 3.19. The molecule has 2 amide bonds. The summed E-state index contributed by atoms with van der Waals surface area (Å²) < 4.78 is 1.89. The topological polar surface area (TPSA) is 58.4 Å². The van der Waals surface area contributed by atoms with E-state index in [1.165, 1.54) is 0 Å². The third kappa shape index (κ3) is 5.21. The highest BCUT2D eigenvalue weighted by Gasteiger charge is 2.28. The molecule has 1 aliphatic rings. The van der Waals surface area contributed by atoms with Gasteiger partial charge < -0.3 is 9.80 Å². The van der Waals surface area contributed by atoms with Crippen molar-refractivity contribution in [2.24, 2.45) is 5.92 Å². The first-order valence-corrected chi connectivity index (χ1v) is 9.99. The van der Waals surface area contributed by atoms with E-state index < -0.39 is 0 Å². The number of likely N-dealkylation sites (tertiary alicyclic amines) is 1. The molecule has 0 saturated carbocycles. The third-order valence-corrected chi connectivity index (χ3v) is 5.43. The van der Waals surface area contributed by atoms with E-state index >= 15 is 0 Å². The molecule has 1 unspecified atom stereocenters. The van der Waals surface area contributed by atoms with Crippen LogP contribution >= 0.6 is 0 Å². The van der Waals surface area contributed by atoms with Gasteiger partial charge in [0, 0.05) is 51.8 Å². The highest BCUT2D eigenvalue weighted by atomic mass is 16.2. The van der Waals surface area contributed by atoms with Gasteiger partial charge in [0.15, 0.2) is 0 Å². The molecule has 1 aromatic carbocycles. The van der Waals surface area contributed by atoms with Gasteiger partial charge in [-0.05, 0) is 37.8 Å². The lowest BCUT2D eigenvalue weighted by Gasteiger charge is -2.20. The average molecular weight is 383 g/mol. The first-order valence-electron chi connectivity index (χ1n) is 9.99. The van der Waals surface area contributed by atoms with Gasteiger partial charge in [-0.25, -0.2) is 0 Å². The summed E-state index contributed by atoms with van der Waals surface area (Å²) in [4.78, 5) is 28.8. The van der Waals surface area contributed by atoms with Gasteiger partial charge in [-0.15, -0.1) is 0 Å². The van der Waals surface area contributed by atoms with E-state index in [1.807, 2.05) is 66.9 Å². The molecule has 0 N–H and O–H groups in total. The Morgan fingerprint density at radius 3 is 2.64 bits per heavy atom. The van der Waals surface area contributed by atoms with E-state index in [-0.39, 0.29) is 17.7 Å². The second-order valence-electron chi connectivity index (χ2n) is 7.83. The van der Waals surface area contributed by atoms with Crippen LogP contribution in [0.25, 0.3) is 0 Å². The highest BCUT2D eigenvalue weighted by molar-refractivity contribution is 5.78. The molecule has 1 atom stereocenters. The fraction of sp³-hybridized carbons (Fsp3) is 0.500. The Morgan fingerprint density at radius 1 is 1.21 bits per heavy atom. The lowest BCUT2D eigenvalue weighted by molar-refractivity contribution is -0.133. The van der Waals surface area contributed by atoms with Crippen molar-refractivity contribution < 1.29 is 9.59 Å². The van der Waals surface area contributed by atoms with Crippen molar-refractivity contribution in [3.8, 4) is 0 Å². The molecule has 6 heteroatoms. The maximum atomic E-state index is 12.5. The van der Waals surface area contributed by atoms with Crippen LogP contribution in [0.1, 0.15) is 36.2 Å².